The van der Waals surface area contributed by atoms with Crippen LogP contribution in [-0.4, -0.2) is 0 Å². The SMILES string of the molecule is CCCCCCc1ccc(CCc2ccc3c(F)c(CCc4ccc(Cl)cc4)ccc3c2)cc1. The Kier molecular flexibility index (Phi) is 8.77. The maximum Gasteiger partial charge on any atom is 0.134 e. The van der Waals surface area contributed by atoms with E-state index in [4.69, 9.17) is 11.6 Å². The number of unbranched alkanes of at least 4 members (excludes halogenated alkanes) is 3. The quantitative estimate of drug-likeness (QED) is 0.191. The van der Waals surface area contributed by atoms with Crippen LogP contribution in [0.25, 0.3) is 10.8 Å². The van der Waals surface area contributed by atoms with Crippen molar-refractivity contribution in [3.8, 4) is 0 Å². The number of fused-ring (bicyclic) bond motifs is 1. The molecule has 0 amide bonds. The van der Waals surface area contributed by atoms with E-state index in [2.05, 4.69) is 49.4 Å². The van der Waals surface area contributed by atoms with Gasteiger partial charge < -0.3 is 0 Å². The summed E-state index contributed by atoms with van der Waals surface area (Å²) in [4.78, 5) is 0. The van der Waals surface area contributed by atoms with Crippen LogP contribution in [0.2, 0.25) is 5.02 Å². The summed E-state index contributed by atoms with van der Waals surface area (Å²) in [5, 5.41) is 2.42. The van der Waals surface area contributed by atoms with E-state index in [1.165, 1.54) is 54.4 Å². The molecule has 176 valence electrons. The molecule has 34 heavy (non-hydrogen) atoms. The fourth-order valence-corrected chi connectivity index (χ4v) is 4.71. The molecule has 0 atom stereocenters. The van der Waals surface area contributed by atoms with Crippen LogP contribution in [0.3, 0.4) is 0 Å². The number of hydrogen-bond donors (Lipinski definition) is 0. The van der Waals surface area contributed by atoms with Gasteiger partial charge in [-0.1, -0.05) is 105 Å². The maximum atomic E-state index is 15.2. The van der Waals surface area contributed by atoms with Crippen LogP contribution in [0.4, 0.5) is 4.39 Å². The second-order valence-electron chi connectivity index (χ2n) is 9.35. The molecule has 0 aromatic heterocycles. The van der Waals surface area contributed by atoms with E-state index in [1.54, 1.807) is 0 Å². The molecule has 0 radical (unpaired) electrons. The molecule has 0 saturated heterocycles. The Balaban J connectivity index is 1.35. The summed E-state index contributed by atoms with van der Waals surface area (Å²) in [6.07, 6.45) is 9.85. The van der Waals surface area contributed by atoms with Crippen molar-refractivity contribution in [2.24, 2.45) is 0 Å². The molecule has 4 aromatic rings. The Morgan fingerprint density at radius 1 is 0.588 bits per heavy atom. The molecule has 0 aliphatic rings. The van der Waals surface area contributed by atoms with E-state index < -0.39 is 0 Å². The zero-order valence-corrected chi connectivity index (χ0v) is 20.9. The second-order valence-corrected chi connectivity index (χ2v) is 9.78. The Bertz CT molecular complexity index is 1190. The number of aryl methyl sites for hydroxylation is 5. The fraction of sp³-hybridized carbons (Fsp3) is 0.312. The lowest BCUT2D eigenvalue weighted by atomic mass is 9.97. The van der Waals surface area contributed by atoms with Gasteiger partial charge in [0.1, 0.15) is 5.82 Å². The Morgan fingerprint density at radius 3 is 1.88 bits per heavy atom. The van der Waals surface area contributed by atoms with Crippen molar-refractivity contribution >= 4 is 22.4 Å². The Morgan fingerprint density at radius 2 is 1.18 bits per heavy atom. The maximum absolute atomic E-state index is 15.2. The summed E-state index contributed by atoms with van der Waals surface area (Å²) in [6, 6.07) is 27.1. The summed E-state index contributed by atoms with van der Waals surface area (Å²) in [5.41, 5.74) is 5.99. The summed E-state index contributed by atoms with van der Waals surface area (Å²) in [6.45, 7) is 2.25. The molecule has 0 aliphatic heterocycles. The van der Waals surface area contributed by atoms with Gasteiger partial charge in [-0.15, -0.1) is 0 Å². The molecule has 4 rings (SSSR count). The minimum atomic E-state index is -0.0902. The largest absolute Gasteiger partial charge is 0.206 e. The highest BCUT2D eigenvalue weighted by molar-refractivity contribution is 6.30. The smallest absolute Gasteiger partial charge is 0.134 e. The van der Waals surface area contributed by atoms with E-state index in [0.717, 1.165) is 35.2 Å². The van der Waals surface area contributed by atoms with Gasteiger partial charge in [0.15, 0.2) is 0 Å². The molecule has 0 bridgehead atoms. The third-order valence-corrected chi connectivity index (χ3v) is 6.99. The fourth-order valence-electron chi connectivity index (χ4n) is 4.58. The van der Waals surface area contributed by atoms with Gasteiger partial charge in [0.05, 0.1) is 0 Å². The monoisotopic (exact) mass is 472 g/mol. The van der Waals surface area contributed by atoms with Gasteiger partial charge in [0.25, 0.3) is 0 Å². The summed E-state index contributed by atoms with van der Waals surface area (Å²) < 4.78 is 15.2. The topological polar surface area (TPSA) is 0 Å². The highest BCUT2D eigenvalue weighted by Crippen LogP contribution is 2.24. The number of rotatable bonds is 11. The van der Waals surface area contributed by atoms with E-state index >= 15 is 4.39 Å². The van der Waals surface area contributed by atoms with Crippen molar-refractivity contribution in [2.75, 3.05) is 0 Å². The lowest BCUT2D eigenvalue weighted by Crippen LogP contribution is -1.97. The second kappa shape index (κ2) is 12.2. The molecule has 0 spiro atoms. The molecule has 0 heterocycles. The third-order valence-electron chi connectivity index (χ3n) is 6.74. The molecule has 0 fully saturated rings. The normalized spacial score (nSPS) is 11.3. The van der Waals surface area contributed by atoms with Crippen LogP contribution in [0.5, 0.6) is 0 Å². The predicted octanol–water partition coefficient (Wildman–Crippen LogP) is 9.33. The van der Waals surface area contributed by atoms with Gasteiger partial charge in [-0.2, -0.15) is 0 Å². The molecule has 0 nitrogen and oxygen atoms in total. The number of halogens is 2. The zero-order chi connectivity index (χ0) is 23.8. The van der Waals surface area contributed by atoms with Crippen LogP contribution in [0.15, 0.2) is 78.9 Å². The van der Waals surface area contributed by atoms with Gasteiger partial charge in [0, 0.05) is 10.4 Å². The first-order chi connectivity index (χ1) is 16.6. The van der Waals surface area contributed by atoms with Crippen molar-refractivity contribution in [1.29, 1.82) is 0 Å². The van der Waals surface area contributed by atoms with Crippen LogP contribution >= 0.6 is 11.6 Å². The Labute approximate surface area is 208 Å². The van der Waals surface area contributed by atoms with Crippen molar-refractivity contribution in [3.63, 3.8) is 0 Å². The molecule has 0 unspecified atom stereocenters. The highest BCUT2D eigenvalue weighted by Gasteiger charge is 2.09. The number of benzene rings is 4. The average Bonchev–Trinajstić information content (AvgIpc) is 2.87. The van der Waals surface area contributed by atoms with Crippen molar-refractivity contribution < 1.29 is 4.39 Å². The molecule has 0 aliphatic carbocycles. The van der Waals surface area contributed by atoms with Crippen LogP contribution in [0.1, 0.15) is 60.4 Å². The number of hydrogen-bond acceptors (Lipinski definition) is 0. The van der Waals surface area contributed by atoms with Gasteiger partial charge in [-0.05, 0) is 83.9 Å². The summed E-state index contributed by atoms with van der Waals surface area (Å²) >= 11 is 5.96. The lowest BCUT2D eigenvalue weighted by Gasteiger charge is -2.09. The van der Waals surface area contributed by atoms with Crippen LogP contribution < -0.4 is 0 Å². The first-order valence-corrected chi connectivity index (χ1v) is 13.0. The predicted molar refractivity (Wildman–Crippen MR) is 144 cm³/mol. The van der Waals surface area contributed by atoms with E-state index in [-0.39, 0.29) is 5.82 Å². The average molecular weight is 473 g/mol. The molecule has 2 heteroatoms. The standard InChI is InChI=1S/C32H34ClF/c1-2-3-4-5-6-24-7-9-25(10-8-24)11-12-27-16-22-31-29(23-27)19-18-28(32(31)34)17-13-26-14-20-30(33)21-15-26/h7-10,14-16,18-23H,2-6,11-13,17H2,1H3. The van der Waals surface area contributed by atoms with E-state index in [1.807, 2.05) is 36.4 Å². The minimum absolute atomic E-state index is 0.0902. The van der Waals surface area contributed by atoms with Crippen molar-refractivity contribution in [2.45, 2.75) is 64.7 Å². The highest BCUT2D eigenvalue weighted by atomic mass is 35.5. The summed E-state index contributed by atoms with van der Waals surface area (Å²) in [7, 11) is 0. The molecule has 4 aromatic carbocycles. The lowest BCUT2D eigenvalue weighted by molar-refractivity contribution is 0.620. The van der Waals surface area contributed by atoms with Gasteiger partial charge in [-0.25, -0.2) is 4.39 Å². The molecule has 0 saturated carbocycles. The van der Waals surface area contributed by atoms with Crippen LogP contribution in [0, 0.1) is 5.82 Å². The minimum Gasteiger partial charge on any atom is -0.206 e. The van der Waals surface area contributed by atoms with E-state index in [9.17, 15) is 0 Å². The van der Waals surface area contributed by atoms with E-state index in [0.29, 0.717) is 11.8 Å². The first-order valence-electron chi connectivity index (χ1n) is 12.6. The molecule has 0 N–H and O–H groups in total. The van der Waals surface area contributed by atoms with Gasteiger partial charge in [0.2, 0.25) is 0 Å². The van der Waals surface area contributed by atoms with Gasteiger partial charge in [-0.3, -0.25) is 0 Å². The van der Waals surface area contributed by atoms with Crippen molar-refractivity contribution in [1.82, 2.24) is 0 Å². The first kappa shape index (κ1) is 24.5. The van der Waals surface area contributed by atoms with Crippen LogP contribution in [-0.2, 0) is 32.1 Å². The van der Waals surface area contributed by atoms with Crippen molar-refractivity contribution in [3.05, 3.63) is 118 Å². The molecular weight excluding hydrogens is 439 g/mol. The summed E-state index contributed by atoms with van der Waals surface area (Å²) in [5.74, 6) is -0.0902. The molecular formula is C32H34ClF. The van der Waals surface area contributed by atoms with Gasteiger partial charge >= 0.3 is 0 Å². The zero-order valence-electron chi connectivity index (χ0n) is 20.1. The Hall–Kier alpha value is -2.64. The third kappa shape index (κ3) is 6.70.